The fourth-order valence-corrected chi connectivity index (χ4v) is 1.06. The summed E-state index contributed by atoms with van der Waals surface area (Å²) >= 11 is 0. The van der Waals surface area contributed by atoms with Crippen LogP contribution in [0.4, 0.5) is 0 Å². The third kappa shape index (κ3) is 24.7. The molecule has 0 atom stereocenters. The Labute approximate surface area is 94.1 Å². The molecule has 0 aromatic heterocycles. The van der Waals surface area contributed by atoms with E-state index in [4.69, 9.17) is 10.8 Å². The van der Waals surface area contributed by atoms with E-state index < -0.39 is 5.97 Å². The van der Waals surface area contributed by atoms with Crippen molar-refractivity contribution in [1.82, 2.24) is 0 Å². The summed E-state index contributed by atoms with van der Waals surface area (Å²) in [6.07, 6.45) is 8.35. The van der Waals surface area contributed by atoms with Crippen LogP contribution in [0.5, 0.6) is 0 Å². The number of carbonyl (C=O) groups is 1. The highest BCUT2D eigenvalue weighted by Crippen LogP contribution is 2.06. The average molecular weight is 217 g/mol. The molecule has 0 aliphatic heterocycles. The van der Waals surface area contributed by atoms with Crippen molar-refractivity contribution < 1.29 is 9.90 Å². The van der Waals surface area contributed by atoms with Crippen molar-refractivity contribution in [3.8, 4) is 0 Å². The van der Waals surface area contributed by atoms with Crippen LogP contribution in [0.25, 0.3) is 0 Å². The van der Waals surface area contributed by atoms with Crippen LogP contribution in [0.15, 0.2) is 0 Å². The molecule has 0 heterocycles. The molecule has 3 heteroatoms. The second-order valence-corrected chi connectivity index (χ2v) is 3.70. The van der Waals surface area contributed by atoms with Crippen LogP contribution in [0.2, 0.25) is 0 Å². The number of rotatable bonds is 8. The molecule has 0 aromatic rings. The van der Waals surface area contributed by atoms with Gasteiger partial charge in [-0.05, 0) is 19.4 Å². The SMILES string of the molecule is CCCCCCCCC(=O)O.CCCN. The van der Waals surface area contributed by atoms with E-state index >= 15 is 0 Å². The van der Waals surface area contributed by atoms with Crippen molar-refractivity contribution in [2.75, 3.05) is 6.54 Å². The predicted molar refractivity (Wildman–Crippen MR) is 65.0 cm³/mol. The highest BCUT2D eigenvalue weighted by molar-refractivity contribution is 5.66. The first kappa shape index (κ1) is 16.8. The van der Waals surface area contributed by atoms with Gasteiger partial charge in [-0.25, -0.2) is 0 Å². The van der Waals surface area contributed by atoms with E-state index in [1.807, 2.05) is 0 Å². The lowest BCUT2D eigenvalue weighted by atomic mass is 10.1. The molecule has 0 unspecified atom stereocenters. The molecule has 0 bridgehead atoms. The van der Waals surface area contributed by atoms with Crippen molar-refractivity contribution in [3.63, 3.8) is 0 Å². The molecule has 0 spiro atoms. The van der Waals surface area contributed by atoms with Crippen LogP contribution in [-0.4, -0.2) is 17.6 Å². The first-order valence-electron chi connectivity index (χ1n) is 6.10. The summed E-state index contributed by atoms with van der Waals surface area (Å²) in [7, 11) is 0. The van der Waals surface area contributed by atoms with Crippen LogP contribution < -0.4 is 5.73 Å². The molecule has 3 nitrogen and oxygen atoms in total. The Bertz CT molecular complexity index is 125. The molecule has 0 rings (SSSR count). The van der Waals surface area contributed by atoms with Gasteiger partial charge in [0.15, 0.2) is 0 Å². The van der Waals surface area contributed by atoms with E-state index in [1.165, 1.54) is 25.7 Å². The molecule has 0 amide bonds. The van der Waals surface area contributed by atoms with Gasteiger partial charge in [-0.3, -0.25) is 4.79 Å². The molecule has 3 N–H and O–H groups in total. The standard InChI is InChI=1S/C9H18O2.C3H9N/c1-2-3-4-5-6-7-8-9(10)11;1-2-3-4/h2-8H2,1H3,(H,10,11);2-4H2,1H3. The summed E-state index contributed by atoms with van der Waals surface area (Å²) in [5, 5.41) is 8.32. The van der Waals surface area contributed by atoms with Gasteiger partial charge in [-0.2, -0.15) is 0 Å². The number of carboxylic acid groups (broad SMARTS) is 1. The maximum absolute atomic E-state index is 10.1. The third-order valence-electron chi connectivity index (χ3n) is 2.03. The number of nitrogens with two attached hydrogens (primary N) is 1. The minimum Gasteiger partial charge on any atom is -0.481 e. The van der Waals surface area contributed by atoms with Gasteiger partial charge < -0.3 is 10.8 Å². The van der Waals surface area contributed by atoms with Crippen molar-refractivity contribution in [1.29, 1.82) is 0 Å². The largest absolute Gasteiger partial charge is 0.481 e. The number of aliphatic carboxylic acids is 1. The molecule has 92 valence electrons. The van der Waals surface area contributed by atoms with Crippen molar-refractivity contribution in [3.05, 3.63) is 0 Å². The minimum absolute atomic E-state index is 0.339. The normalized spacial score (nSPS) is 9.27. The molecular weight excluding hydrogens is 190 g/mol. The third-order valence-corrected chi connectivity index (χ3v) is 2.03. The fraction of sp³-hybridized carbons (Fsp3) is 0.917. The van der Waals surface area contributed by atoms with Gasteiger partial charge in [0.25, 0.3) is 0 Å². The van der Waals surface area contributed by atoms with Crippen molar-refractivity contribution >= 4 is 5.97 Å². The Morgan fingerprint density at radius 1 is 1.00 bits per heavy atom. The smallest absolute Gasteiger partial charge is 0.303 e. The van der Waals surface area contributed by atoms with Crippen LogP contribution in [0.3, 0.4) is 0 Å². The highest BCUT2D eigenvalue weighted by Gasteiger charge is 1.95. The molecule has 0 saturated carbocycles. The number of hydrogen-bond donors (Lipinski definition) is 2. The Morgan fingerprint density at radius 3 is 1.87 bits per heavy atom. The first-order chi connectivity index (χ1) is 7.18. The zero-order valence-electron chi connectivity index (χ0n) is 10.3. The molecular formula is C12H27NO2. The predicted octanol–water partition coefficient (Wildman–Crippen LogP) is 3.18. The molecule has 0 aliphatic rings. The van der Waals surface area contributed by atoms with E-state index in [-0.39, 0.29) is 0 Å². The summed E-state index contributed by atoms with van der Waals surface area (Å²) in [6.45, 7) is 5.05. The Hall–Kier alpha value is -0.570. The van der Waals surface area contributed by atoms with Gasteiger partial charge in [0.2, 0.25) is 0 Å². The van der Waals surface area contributed by atoms with E-state index in [1.54, 1.807) is 0 Å². The van der Waals surface area contributed by atoms with Gasteiger partial charge >= 0.3 is 5.97 Å². The minimum atomic E-state index is -0.666. The van der Waals surface area contributed by atoms with Crippen molar-refractivity contribution in [2.45, 2.75) is 65.2 Å². The summed E-state index contributed by atoms with van der Waals surface area (Å²) in [4.78, 5) is 10.1. The topological polar surface area (TPSA) is 63.3 Å². The van der Waals surface area contributed by atoms with Crippen molar-refractivity contribution in [2.24, 2.45) is 5.73 Å². The van der Waals surface area contributed by atoms with Gasteiger partial charge in [0, 0.05) is 6.42 Å². The average Bonchev–Trinajstić information content (AvgIpc) is 2.23. The van der Waals surface area contributed by atoms with E-state index in [0.717, 1.165) is 25.8 Å². The zero-order chi connectivity index (χ0) is 11.9. The maximum Gasteiger partial charge on any atom is 0.303 e. The lowest BCUT2D eigenvalue weighted by Crippen LogP contribution is -1.93. The van der Waals surface area contributed by atoms with E-state index in [2.05, 4.69) is 13.8 Å². The molecule has 0 fully saturated rings. The number of unbranched alkanes of at least 4 members (excludes halogenated alkanes) is 5. The summed E-state index contributed by atoms with van der Waals surface area (Å²) < 4.78 is 0. The number of carboxylic acids is 1. The van der Waals surface area contributed by atoms with Gasteiger partial charge in [-0.15, -0.1) is 0 Å². The highest BCUT2D eigenvalue weighted by atomic mass is 16.4. The second-order valence-electron chi connectivity index (χ2n) is 3.70. The monoisotopic (exact) mass is 217 g/mol. The summed E-state index contributed by atoms with van der Waals surface area (Å²) in [5.74, 6) is -0.666. The van der Waals surface area contributed by atoms with Crippen LogP contribution in [0.1, 0.15) is 65.2 Å². The lowest BCUT2D eigenvalue weighted by molar-refractivity contribution is -0.137. The Kier molecular flexibility index (Phi) is 17.8. The first-order valence-corrected chi connectivity index (χ1v) is 6.10. The van der Waals surface area contributed by atoms with Gasteiger partial charge in [0.05, 0.1) is 0 Å². The Balaban J connectivity index is 0. The number of hydrogen-bond acceptors (Lipinski definition) is 2. The molecule has 15 heavy (non-hydrogen) atoms. The van der Waals surface area contributed by atoms with Gasteiger partial charge in [-0.1, -0.05) is 46.0 Å². The second kappa shape index (κ2) is 15.9. The van der Waals surface area contributed by atoms with E-state index in [0.29, 0.717) is 6.42 Å². The Morgan fingerprint density at radius 2 is 1.47 bits per heavy atom. The molecule has 0 aromatic carbocycles. The molecule has 0 radical (unpaired) electrons. The molecule has 0 saturated heterocycles. The van der Waals surface area contributed by atoms with Crippen LogP contribution in [0, 0.1) is 0 Å². The maximum atomic E-state index is 10.1. The lowest BCUT2D eigenvalue weighted by Gasteiger charge is -1.97. The van der Waals surface area contributed by atoms with E-state index in [9.17, 15) is 4.79 Å². The quantitative estimate of drug-likeness (QED) is 0.614. The van der Waals surface area contributed by atoms with Crippen LogP contribution >= 0.6 is 0 Å². The summed E-state index contributed by atoms with van der Waals surface area (Å²) in [5.41, 5.74) is 5.03. The van der Waals surface area contributed by atoms with Gasteiger partial charge in [0.1, 0.15) is 0 Å². The molecule has 0 aliphatic carbocycles. The summed E-state index contributed by atoms with van der Waals surface area (Å²) in [6, 6.07) is 0. The fourth-order valence-electron chi connectivity index (χ4n) is 1.06. The zero-order valence-corrected chi connectivity index (χ0v) is 10.3. The van der Waals surface area contributed by atoms with Crippen LogP contribution in [-0.2, 0) is 4.79 Å².